The Bertz CT molecular complexity index is 777. The number of allylic oxidation sites excluding steroid dienone is 4. The molecule has 21 heavy (non-hydrogen) atoms. The molecule has 0 saturated carbocycles. The molecule has 2 rings (SSSR count). The Morgan fingerprint density at radius 2 is 1.90 bits per heavy atom. The topological polar surface area (TPSA) is 79.5 Å². The van der Waals surface area contributed by atoms with Crippen LogP contribution in [-0.2, 0) is 14.4 Å². The van der Waals surface area contributed by atoms with Gasteiger partial charge in [-0.1, -0.05) is 35.0 Å². The van der Waals surface area contributed by atoms with Crippen molar-refractivity contribution in [1.82, 2.24) is 0 Å². The number of nitriles is 1. The molecule has 1 aromatic carbocycles. The second-order valence-corrected chi connectivity index (χ2v) is 6.30. The minimum absolute atomic E-state index is 0.0330. The lowest BCUT2D eigenvalue weighted by molar-refractivity contribution is 0.338. The fraction of sp³-hybridized carbons (Fsp3) is 0.0769. The Morgan fingerprint density at radius 1 is 1.24 bits per heavy atom. The highest BCUT2D eigenvalue weighted by Crippen LogP contribution is 2.25. The molecule has 0 amide bonds. The second-order valence-electron chi connectivity index (χ2n) is 3.93. The van der Waals surface area contributed by atoms with E-state index in [2.05, 4.69) is 9.44 Å². The first-order chi connectivity index (χ1) is 9.95. The minimum atomic E-state index is -4.03. The molecule has 1 aliphatic rings. The van der Waals surface area contributed by atoms with Gasteiger partial charge in [-0.05, 0) is 24.3 Å². The summed E-state index contributed by atoms with van der Waals surface area (Å²) in [5.41, 5.74) is 0.164. The van der Waals surface area contributed by atoms with Gasteiger partial charge in [-0.15, -0.1) is 11.6 Å². The molecule has 0 heterocycles. The fourth-order valence-corrected chi connectivity index (χ4v) is 2.82. The number of alkyl halides is 1. The summed E-state index contributed by atoms with van der Waals surface area (Å²) in [7, 11) is -4.03. The van der Waals surface area contributed by atoms with Crippen molar-refractivity contribution in [3.63, 3.8) is 0 Å². The highest BCUT2D eigenvalue weighted by Gasteiger charge is 2.24. The summed E-state index contributed by atoms with van der Waals surface area (Å²) in [5.74, 6) is 0. The highest BCUT2D eigenvalue weighted by molar-refractivity contribution is 7.86. The van der Waals surface area contributed by atoms with E-state index < -0.39 is 15.5 Å². The molecule has 1 unspecified atom stereocenters. The maximum atomic E-state index is 11.9. The molecule has 0 aromatic heterocycles. The summed E-state index contributed by atoms with van der Waals surface area (Å²) in [6, 6.07) is 9.39. The third-order valence-corrected chi connectivity index (χ3v) is 4.46. The van der Waals surface area contributed by atoms with Crippen LogP contribution >= 0.6 is 23.2 Å². The molecule has 108 valence electrons. The quantitative estimate of drug-likeness (QED) is 0.624. The van der Waals surface area contributed by atoms with Gasteiger partial charge < -0.3 is 0 Å². The summed E-state index contributed by atoms with van der Waals surface area (Å²) < 4.78 is 28.4. The lowest BCUT2D eigenvalue weighted by Gasteiger charge is -2.13. The van der Waals surface area contributed by atoms with E-state index in [0.29, 0.717) is 0 Å². The van der Waals surface area contributed by atoms with E-state index in [4.69, 9.17) is 28.5 Å². The Kier molecular flexibility index (Phi) is 4.68. The van der Waals surface area contributed by atoms with Gasteiger partial charge in [-0.2, -0.15) is 13.7 Å². The zero-order chi connectivity index (χ0) is 15.5. The standard InChI is InChI=1S/C13H8Cl2N2O3S/c14-11-6-7-12(13(15)10(11)8-16)17-20-21(18,19)9-4-2-1-3-5-9/h1-7,13H. The summed E-state index contributed by atoms with van der Waals surface area (Å²) in [4.78, 5) is -0.0330. The Balaban J connectivity index is 2.24. The first kappa shape index (κ1) is 15.6. The smallest absolute Gasteiger partial charge is 0.264 e. The van der Waals surface area contributed by atoms with Crippen LogP contribution in [0.5, 0.6) is 0 Å². The van der Waals surface area contributed by atoms with E-state index in [1.165, 1.54) is 24.3 Å². The number of hydrogen-bond acceptors (Lipinski definition) is 5. The minimum Gasteiger partial charge on any atom is -0.264 e. The molecular formula is C13H8Cl2N2O3S. The molecule has 0 saturated heterocycles. The summed E-state index contributed by atoms with van der Waals surface area (Å²) in [6.45, 7) is 0. The van der Waals surface area contributed by atoms with E-state index in [1.54, 1.807) is 18.2 Å². The summed E-state index contributed by atoms with van der Waals surface area (Å²) in [5, 5.41) is 11.7. The van der Waals surface area contributed by atoms with Gasteiger partial charge in [0.15, 0.2) is 0 Å². The molecule has 8 heteroatoms. The van der Waals surface area contributed by atoms with Gasteiger partial charge in [0.1, 0.15) is 16.0 Å². The molecule has 0 aliphatic heterocycles. The predicted molar refractivity (Wildman–Crippen MR) is 79.4 cm³/mol. The lowest BCUT2D eigenvalue weighted by Crippen LogP contribution is -2.19. The van der Waals surface area contributed by atoms with Gasteiger partial charge in [0.25, 0.3) is 0 Å². The lowest BCUT2D eigenvalue weighted by atomic mass is 10.0. The SMILES string of the molecule is N#CC1=C(Cl)C=CC(=NOS(=O)(=O)c2ccccc2)C1Cl. The van der Waals surface area contributed by atoms with Crippen LogP contribution in [0.25, 0.3) is 0 Å². The van der Waals surface area contributed by atoms with Crippen LogP contribution < -0.4 is 0 Å². The van der Waals surface area contributed by atoms with Gasteiger partial charge in [-0.3, -0.25) is 4.28 Å². The zero-order valence-electron chi connectivity index (χ0n) is 10.4. The van der Waals surface area contributed by atoms with Gasteiger partial charge in [-0.25, -0.2) is 0 Å². The van der Waals surface area contributed by atoms with Crippen LogP contribution in [0, 0.1) is 11.3 Å². The van der Waals surface area contributed by atoms with Crippen LogP contribution in [0.1, 0.15) is 0 Å². The predicted octanol–water partition coefficient (Wildman–Crippen LogP) is 2.94. The molecule has 0 spiro atoms. The van der Waals surface area contributed by atoms with Crippen molar-refractivity contribution in [3.8, 4) is 6.07 Å². The van der Waals surface area contributed by atoms with Crippen LogP contribution in [0.4, 0.5) is 0 Å². The average molecular weight is 343 g/mol. The van der Waals surface area contributed by atoms with Crippen molar-refractivity contribution >= 4 is 39.0 Å². The normalized spacial score (nSPS) is 20.4. The van der Waals surface area contributed by atoms with Crippen LogP contribution in [0.2, 0.25) is 0 Å². The molecule has 1 aliphatic carbocycles. The molecule has 0 radical (unpaired) electrons. The number of benzene rings is 1. The molecule has 0 fully saturated rings. The first-order valence-electron chi connectivity index (χ1n) is 5.64. The Hall–Kier alpha value is -1.81. The number of halogens is 2. The molecular weight excluding hydrogens is 335 g/mol. The van der Waals surface area contributed by atoms with Gasteiger partial charge in [0.2, 0.25) is 0 Å². The van der Waals surface area contributed by atoms with Crippen molar-refractivity contribution in [1.29, 1.82) is 5.26 Å². The third kappa shape index (κ3) is 3.45. The van der Waals surface area contributed by atoms with Crippen molar-refractivity contribution < 1.29 is 12.7 Å². The first-order valence-corrected chi connectivity index (χ1v) is 7.86. The molecule has 0 bridgehead atoms. The monoisotopic (exact) mass is 342 g/mol. The van der Waals surface area contributed by atoms with Crippen LogP contribution in [0.3, 0.4) is 0 Å². The maximum Gasteiger partial charge on any atom is 0.358 e. The number of rotatable bonds is 3. The maximum absolute atomic E-state index is 11.9. The van der Waals surface area contributed by atoms with E-state index in [1.807, 2.05) is 6.07 Å². The summed E-state index contributed by atoms with van der Waals surface area (Å²) in [6.07, 6.45) is 2.79. The molecule has 1 atom stereocenters. The van der Waals surface area contributed by atoms with E-state index in [9.17, 15) is 8.42 Å². The molecule has 0 N–H and O–H groups in total. The van der Waals surface area contributed by atoms with Gasteiger partial charge in [0, 0.05) is 0 Å². The van der Waals surface area contributed by atoms with E-state index in [0.717, 1.165) is 0 Å². The molecule has 5 nitrogen and oxygen atoms in total. The van der Waals surface area contributed by atoms with Crippen molar-refractivity contribution in [2.24, 2.45) is 5.16 Å². The summed E-state index contributed by atoms with van der Waals surface area (Å²) >= 11 is 11.8. The average Bonchev–Trinajstić information content (AvgIpc) is 2.48. The number of hydrogen-bond donors (Lipinski definition) is 0. The van der Waals surface area contributed by atoms with Crippen molar-refractivity contribution in [3.05, 3.63) is 53.1 Å². The fourth-order valence-electron chi connectivity index (χ4n) is 1.51. The van der Waals surface area contributed by atoms with Gasteiger partial charge >= 0.3 is 10.1 Å². The Morgan fingerprint density at radius 3 is 2.52 bits per heavy atom. The van der Waals surface area contributed by atoms with Crippen molar-refractivity contribution in [2.75, 3.05) is 0 Å². The van der Waals surface area contributed by atoms with Crippen LogP contribution in [-0.4, -0.2) is 19.5 Å². The van der Waals surface area contributed by atoms with E-state index >= 15 is 0 Å². The van der Waals surface area contributed by atoms with Crippen LogP contribution in [0.15, 0.2) is 63.1 Å². The Labute approximate surface area is 131 Å². The van der Waals surface area contributed by atoms with E-state index in [-0.39, 0.29) is 21.2 Å². The number of nitrogens with zero attached hydrogens (tertiary/aromatic N) is 2. The largest absolute Gasteiger partial charge is 0.358 e. The third-order valence-electron chi connectivity index (χ3n) is 2.56. The second kappa shape index (κ2) is 6.31. The molecule has 1 aromatic rings. The number of oxime groups is 1. The van der Waals surface area contributed by atoms with Gasteiger partial charge in [0.05, 0.1) is 16.7 Å². The zero-order valence-corrected chi connectivity index (χ0v) is 12.7. The van der Waals surface area contributed by atoms with Crippen molar-refractivity contribution in [2.45, 2.75) is 10.3 Å². The highest BCUT2D eigenvalue weighted by atomic mass is 35.5.